The number of rotatable bonds is 58. The predicted molar refractivity (Wildman–Crippen MR) is 303 cm³/mol. The van der Waals surface area contributed by atoms with Crippen LogP contribution in [0.1, 0.15) is 203 Å². The number of aliphatic hydroxyl groups is 1. The van der Waals surface area contributed by atoms with Gasteiger partial charge in [-0.3, -0.25) is 52.8 Å². The van der Waals surface area contributed by atoms with Crippen molar-refractivity contribution in [2.75, 3.05) is 52.8 Å². The van der Waals surface area contributed by atoms with E-state index in [0.29, 0.717) is 32.1 Å². The fourth-order valence-corrected chi connectivity index (χ4v) is 8.51. The maximum atomic E-state index is 12.6. The lowest BCUT2D eigenvalue weighted by atomic mass is 9.89. The Morgan fingerprint density at radius 3 is 1.49 bits per heavy atom. The molecule has 10 N–H and O–H groups in total. The normalized spacial score (nSPS) is 13.3. The molecule has 0 saturated carbocycles. The summed E-state index contributed by atoms with van der Waals surface area (Å²) in [7, 11) is 0. The van der Waals surface area contributed by atoms with Gasteiger partial charge in [0.1, 0.15) is 36.9 Å². The fraction of sp³-hybridized carbons (Fsp3) is 0.789. The molecule has 0 heterocycles. The number of carboxylic acid groups (broad SMARTS) is 5. The zero-order valence-corrected chi connectivity index (χ0v) is 48.8. The summed E-state index contributed by atoms with van der Waals surface area (Å²) in [5.41, 5.74) is 2.18. The van der Waals surface area contributed by atoms with Gasteiger partial charge >= 0.3 is 29.8 Å². The Kier molecular flexibility index (Phi) is 45.9. The van der Waals surface area contributed by atoms with E-state index in [0.717, 1.165) is 51.4 Å². The summed E-state index contributed by atoms with van der Waals surface area (Å²) in [5, 5.41) is 63.6. The number of hydroxylamine groups is 1. The molecule has 0 bridgehead atoms. The number of aliphatic carboxylic acids is 5. The highest BCUT2D eigenvalue weighted by molar-refractivity contribution is 5.88. The number of ether oxygens (including phenoxy) is 3. The Balaban J connectivity index is -0.0000336. The van der Waals surface area contributed by atoms with Crippen LogP contribution in [0.15, 0.2) is 0 Å². The van der Waals surface area contributed by atoms with Crippen molar-refractivity contribution in [1.29, 1.82) is 0 Å². The second-order valence-corrected chi connectivity index (χ2v) is 21.0. The molecule has 0 fully saturated rings. The molecule has 480 valence electrons. The van der Waals surface area contributed by atoms with Crippen molar-refractivity contribution in [3.8, 4) is 0 Å². The predicted octanol–water partition coefficient (Wildman–Crippen LogP) is 5.35. The number of Topliss-reactive ketones (excluding diaryl/α,β-unsaturated/α-hetero) is 3. The zero-order valence-electron chi connectivity index (χ0n) is 48.8. The van der Waals surface area contributed by atoms with Crippen LogP contribution in [0.25, 0.3) is 0 Å². The Labute approximate surface area is 489 Å². The number of carbonyl (C=O) groups is 12. The highest BCUT2D eigenvalue weighted by Gasteiger charge is 2.29. The van der Waals surface area contributed by atoms with E-state index in [9.17, 15) is 83.1 Å². The van der Waals surface area contributed by atoms with E-state index in [4.69, 9.17) is 24.2 Å². The largest absolute Gasteiger partial charge is 0.481 e. The highest BCUT2D eigenvalue weighted by Crippen LogP contribution is 2.19. The van der Waals surface area contributed by atoms with Gasteiger partial charge in [-0.2, -0.15) is 0 Å². The van der Waals surface area contributed by atoms with E-state index >= 15 is 0 Å². The molecule has 4 amide bonds. The number of nitrogens with one attached hydrogen (secondary N) is 4. The minimum Gasteiger partial charge on any atom is -0.481 e. The molecule has 0 rings (SSSR count). The molecule has 0 aliphatic heterocycles. The van der Waals surface area contributed by atoms with Crippen LogP contribution in [0, 0.1) is 17.8 Å². The summed E-state index contributed by atoms with van der Waals surface area (Å²) in [4.78, 5) is 149. The molecule has 26 nitrogen and oxygen atoms in total. The van der Waals surface area contributed by atoms with Gasteiger partial charge in [-0.25, -0.2) is 15.1 Å². The van der Waals surface area contributed by atoms with Crippen LogP contribution in [0.4, 0.5) is 0 Å². The lowest BCUT2D eigenvalue weighted by molar-refractivity contribution is -0.148. The number of unbranched alkanes of at least 4 members (excludes halogenated alkanes) is 14. The average Bonchev–Trinajstić information content (AvgIpc) is 3.46. The zero-order chi connectivity index (χ0) is 62.2. The molecule has 26 heteroatoms. The van der Waals surface area contributed by atoms with Crippen LogP contribution in [0.3, 0.4) is 0 Å². The third kappa shape index (κ3) is 45.2. The molecule has 6 atom stereocenters. The van der Waals surface area contributed by atoms with Gasteiger partial charge in [0.05, 0.1) is 44.4 Å². The monoisotopic (exact) mass is 1190 g/mol. The van der Waals surface area contributed by atoms with Crippen LogP contribution >= 0.6 is 0 Å². The Morgan fingerprint density at radius 1 is 0.422 bits per heavy atom. The van der Waals surface area contributed by atoms with Crippen molar-refractivity contribution < 1.29 is 110 Å². The SMILES string of the molecule is C[C@@H](CCCCNC(=O)CC[C@H](CC(=O)CC[C@H](NC(=O)COCCOCCCC(=O)COCCONC(=O)CC[C@H](NC(=O)CCCCCCCCCCCCCCCCC(=O)O)C(=O)O)C(=O)O)C(=O)O)C(=O)C[C@H](C(=O)O)[C@@H](C)O.[HH].[HH]. The van der Waals surface area contributed by atoms with Gasteiger partial charge < -0.3 is 60.8 Å². The van der Waals surface area contributed by atoms with E-state index in [1.165, 1.54) is 39.0 Å². The summed E-state index contributed by atoms with van der Waals surface area (Å²) in [6, 6.07) is -2.71. The molecular formula is C57H100N4O22. The van der Waals surface area contributed by atoms with E-state index in [1.807, 2.05) is 0 Å². The first kappa shape index (κ1) is 77.0. The van der Waals surface area contributed by atoms with Crippen molar-refractivity contribution in [2.45, 2.75) is 218 Å². The molecule has 0 saturated heterocycles. The van der Waals surface area contributed by atoms with Crippen LogP contribution in [-0.2, 0) is 76.6 Å². The van der Waals surface area contributed by atoms with Crippen molar-refractivity contribution in [2.24, 2.45) is 17.8 Å². The van der Waals surface area contributed by atoms with E-state index < -0.39 is 108 Å². The molecule has 0 aromatic carbocycles. The molecule has 0 aliphatic rings. The summed E-state index contributed by atoms with van der Waals surface area (Å²) >= 11 is 0. The van der Waals surface area contributed by atoms with Gasteiger partial charge in [-0.1, -0.05) is 90.4 Å². The van der Waals surface area contributed by atoms with Crippen molar-refractivity contribution >= 4 is 70.8 Å². The third-order valence-corrected chi connectivity index (χ3v) is 13.6. The van der Waals surface area contributed by atoms with E-state index in [1.54, 1.807) is 6.92 Å². The minimum absolute atomic E-state index is 0. The number of aliphatic hydroxyl groups excluding tert-OH is 1. The highest BCUT2D eigenvalue weighted by atomic mass is 16.7. The Hall–Kier alpha value is -5.96. The Morgan fingerprint density at radius 2 is 0.940 bits per heavy atom. The number of amides is 4. The molecule has 0 aliphatic carbocycles. The quantitative estimate of drug-likeness (QED) is 0.0271. The Bertz CT molecular complexity index is 1960. The van der Waals surface area contributed by atoms with Crippen molar-refractivity contribution in [1.82, 2.24) is 21.4 Å². The van der Waals surface area contributed by atoms with E-state index in [2.05, 4.69) is 21.4 Å². The number of carbonyl (C=O) groups excluding carboxylic acids is 7. The molecule has 0 aromatic rings. The number of ketones is 3. The smallest absolute Gasteiger partial charge is 0.326 e. The van der Waals surface area contributed by atoms with Gasteiger partial charge in [0.15, 0.2) is 5.78 Å². The van der Waals surface area contributed by atoms with Gasteiger partial charge in [0.2, 0.25) is 23.6 Å². The minimum atomic E-state index is -1.47. The summed E-state index contributed by atoms with van der Waals surface area (Å²) in [5.74, 6) is -12.2. The molecule has 0 aromatic heterocycles. The van der Waals surface area contributed by atoms with Crippen molar-refractivity contribution in [3.05, 3.63) is 0 Å². The number of hydrogen-bond acceptors (Lipinski definition) is 17. The van der Waals surface area contributed by atoms with E-state index in [-0.39, 0.29) is 125 Å². The first-order chi connectivity index (χ1) is 39.5. The number of hydrogen-bond donors (Lipinski definition) is 10. The van der Waals surface area contributed by atoms with Gasteiger partial charge in [0, 0.05) is 73.3 Å². The van der Waals surface area contributed by atoms with Crippen LogP contribution in [0.5, 0.6) is 0 Å². The molecule has 0 radical (unpaired) electrons. The molecule has 83 heavy (non-hydrogen) atoms. The average molecular weight is 1190 g/mol. The van der Waals surface area contributed by atoms with Crippen LogP contribution in [-0.4, -0.2) is 172 Å². The van der Waals surface area contributed by atoms with Crippen LogP contribution < -0.4 is 21.4 Å². The maximum Gasteiger partial charge on any atom is 0.326 e. The molecule has 0 unspecified atom stereocenters. The van der Waals surface area contributed by atoms with Gasteiger partial charge in [0.25, 0.3) is 0 Å². The van der Waals surface area contributed by atoms with Crippen molar-refractivity contribution in [3.63, 3.8) is 0 Å². The topological polar surface area (TPSA) is 411 Å². The summed E-state index contributed by atoms with van der Waals surface area (Å²) in [6.07, 6.45) is 13.6. The van der Waals surface area contributed by atoms with Crippen LogP contribution in [0.2, 0.25) is 0 Å². The molecular weight excluding hydrogens is 1090 g/mol. The first-order valence-corrected chi connectivity index (χ1v) is 29.4. The standard InChI is InChI=1S/C57H96N4O22.2H2/c1-40(48(65)37-45(41(2)62)55(74)75)20-17-18-30-58-49(66)28-24-42(54(72)73)36-43(63)25-26-46(56(76)77)60-52(69)39-82-33-32-80-31-19-21-44(64)38-81-34-35-83-61-51(68)29-27-47(57(78)79)59-50(67)22-15-13-11-9-7-5-3-4-6-8-10-12-14-16-23-53(70)71;;/h40-42,45-47,62H,3-39H2,1-2H3,(H,58,66)(H,59,67)(H,60,69)(H,61,68)(H,70,71)(H,72,73)(H,74,75)(H,76,77)(H,78,79);2*1H/t40-,41+,42+,45-,46-,47-;;/m0../s1. The fourth-order valence-electron chi connectivity index (χ4n) is 8.51. The lowest BCUT2D eigenvalue weighted by Gasteiger charge is -2.17. The third-order valence-electron chi connectivity index (χ3n) is 13.6. The van der Waals surface area contributed by atoms with Gasteiger partial charge in [-0.15, -0.1) is 0 Å². The lowest BCUT2D eigenvalue weighted by Crippen LogP contribution is -2.42. The summed E-state index contributed by atoms with van der Waals surface area (Å²) < 4.78 is 15.9. The maximum absolute atomic E-state index is 12.6. The second kappa shape index (κ2) is 49.5. The number of carboxylic acids is 5. The first-order valence-electron chi connectivity index (χ1n) is 29.4. The van der Waals surface area contributed by atoms with Gasteiger partial charge in [-0.05, 0) is 58.3 Å². The second-order valence-electron chi connectivity index (χ2n) is 21.0. The summed E-state index contributed by atoms with van der Waals surface area (Å²) in [6.45, 7) is 2.52. The molecule has 0 spiro atoms.